The van der Waals surface area contributed by atoms with Crippen LogP contribution < -0.4 is 0 Å². The number of hydrogen-bond acceptors (Lipinski definition) is 2. The van der Waals surface area contributed by atoms with E-state index in [9.17, 15) is 4.79 Å². The summed E-state index contributed by atoms with van der Waals surface area (Å²) in [4.78, 5) is 10.7. The summed E-state index contributed by atoms with van der Waals surface area (Å²) in [5, 5.41) is 17.8. The van der Waals surface area contributed by atoms with E-state index in [2.05, 4.69) is 6.07 Å². The van der Waals surface area contributed by atoms with E-state index >= 15 is 0 Å². The lowest BCUT2D eigenvalue weighted by atomic mass is 9.82. The number of aromatic carboxylic acids is 1. The molecule has 1 atom stereocenters. The van der Waals surface area contributed by atoms with Crippen LogP contribution in [0.4, 0.5) is 0 Å². The van der Waals surface area contributed by atoms with E-state index in [1.54, 1.807) is 24.3 Å². The summed E-state index contributed by atoms with van der Waals surface area (Å²) in [5.74, 6) is -0.924. The molecule has 1 unspecified atom stereocenters. The van der Waals surface area contributed by atoms with Gasteiger partial charge in [-0.2, -0.15) is 5.26 Å². The molecule has 2 rings (SSSR count). The fourth-order valence-corrected chi connectivity index (χ4v) is 1.83. The van der Waals surface area contributed by atoms with Gasteiger partial charge in [-0.1, -0.05) is 30.4 Å². The number of nitrogens with zero attached hydrogens (tertiary/aromatic N) is 1. The third kappa shape index (κ3) is 2.33. The van der Waals surface area contributed by atoms with Crippen molar-refractivity contribution in [3.8, 4) is 6.07 Å². The van der Waals surface area contributed by atoms with Crippen LogP contribution in [0.3, 0.4) is 0 Å². The minimum absolute atomic E-state index is 0.279. The second-order valence-electron chi connectivity index (χ2n) is 4.61. The van der Waals surface area contributed by atoms with Crippen molar-refractivity contribution in [3.05, 3.63) is 53.6 Å². The predicted molar refractivity (Wildman–Crippen MR) is 68.9 cm³/mol. The number of rotatable bonds is 2. The van der Waals surface area contributed by atoms with Crippen LogP contribution in [-0.4, -0.2) is 11.1 Å². The highest BCUT2D eigenvalue weighted by Crippen LogP contribution is 2.32. The highest BCUT2D eigenvalue weighted by molar-refractivity contribution is 5.88. The molecular weight excluding hydrogens is 226 g/mol. The Labute approximate surface area is 106 Å². The lowest BCUT2D eigenvalue weighted by Gasteiger charge is -2.19. The Morgan fingerprint density at radius 2 is 2.06 bits per heavy atom. The Bertz CT molecular complexity index is 576. The van der Waals surface area contributed by atoms with Crippen molar-refractivity contribution in [2.24, 2.45) is 5.41 Å². The molecule has 1 aromatic carbocycles. The molecule has 0 saturated carbocycles. The second kappa shape index (κ2) is 4.50. The topological polar surface area (TPSA) is 61.1 Å². The fraction of sp³-hybridized carbons (Fsp3) is 0.200. The molecule has 1 aliphatic rings. The van der Waals surface area contributed by atoms with Gasteiger partial charge in [-0.15, -0.1) is 0 Å². The van der Waals surface area contributed by atoms with Crippen molar-refractivity contribution in [2.75, 3.05) is 0 Å². The average Bonchev–Trinajstić information content (AvgIpc) is 2.40. The quantitative estimate of drug-likeness (QED) is 0.861. The minimum Gasteiger partial charge on any atom is -0.478 e. The van der Waals surface area contributed by atoms with Gasteiger partial charge < -0.3 is 5.11 Å². The molecule has 3 nitrogen and oxygen atoms in total. The van der Waals surface area contributed by atoms with Crippen LogP contribution in [0.15, 0.2) is 42.5 Å². The largest absolute Gasteiger partial charge is 0.478 e. The maximum absolute atomic E-state index is 10.7. The van der Waals surface area contributed by atoms with Crippen LogP contribution in [0, 0.1) is 16.7 Å². The molecule has 0 bridgehead atoms. The predicted octanol–water partition coefficient (Wildman–Crippen LogP) is 3.26. The molecule has 0 saturated heterocycles. The first-order valence-corrected chi connectivity index (χ1v) is 5.68. The fourth-order valence-electron chi connectivity index (χ4n) is 1.83. The number of carboxylic acids is 1. The highest BCUT2D eigenvalue weighted by atomic mass is 16.4. The Balaban J connectivity index is 2.23. The number of nitriles is 1. The van der Waals surface area contributed by atoms with Crippen LogP contribution in [0.1, 0.15) is 29.3 Å². The number of carbonyl (C=O) groups is 1. The molecular formula is C15H13NO2. The van der Waals surface area contributed by atoms with E-state index in [-0.39, 0.29) is 5.56 Å². The number of benzene rings is 1. The van der Waals surface area contributed by atoms with Gasteiger partial charge in [0.2, 0.25) is 0 Å². The number of hydrogen-bond donors (Lipinski definition) is 1. The molecule has 1 aromatic rings. The summed E-state index contributed by atoms with van der Waals surface area (Å²) >= 11 is 0. The molecule has 1 aliphatic carbocycles. The molecule has 0 aliphatic heterocycles. The zero-order chi connectivity index (χ0) is 13.2. The average molecular weight is 239 g/mol. The van der Waals surface area contributed by atoms with Crippen LogP contribution in [0.5, 0.6) is 0 Å². The molecule has 3 heteroatoms. The lowest BCUT2D eigenvalue weighted by Crippen LogP contribution is -2.11. The lowest BCUT2D eigenvalue weighted by molar-refractivity contribution is 0.0697. The maximum Gasteiger partial charge on any atom is 0.335 e. The molecule has 0 spiro atoms. The van der Waals surface area contributed by atoms with E-state index in [0.29, 0.717) is 6.42 Å². The van der Waals surface area contributed by atoms with Crippen LogP contribution in [-0.2, 0) is 0 Å². The van der Waals surface area contributed by atoms with Crippen LogP contribution in [0.2, 0.25) is 0 Å². The standard InChI is InChI=1S/C15H13NO2/c1-15(10-16)8-6-12(7-9-15)11-2-4-13(5-3-11)14(17)18/h2-8H,9H2,1H3,(H,17,18). The second-order valence-corrected chi connectivity index (χ2v) is 4.61. The monoisotopic (exact) mass is 239 g/mol. The summed E-state index contributed by atoms with van der Waals surface area (Å²) in [6.45, 7) is 1.89. The van der Waals surface area contributed by atoms with Gasteiger partial charge in [-0.25, -0.2) is 4.79 Å². The van der Waals surface area contributed by atoms with Crippen LogP contribution >= 0.6 is 0 Å². The van der Waals surface area contributed by atoms with Crippen molar-refractivity contribution in [1.29, 1.82) is 5.26 Å². The summed E-state index contributed by atoms with van der Waals surface area (Å²) in [7, 11) is 0. The summed E-state index contributed by atoms with van der Waals surface area (Å²) in [5.41, 5.74) is 1.85. The Morgan fingerprint density at radius 3 is 2.50 bits per heavy atom. The van der Waals surface area contributed by atoms with Crippen molar-refractivity contribution in [3.63, 3.8) is 0 Å². The maximum atomic E-state index is 10.7. The van der Waals surface area contributed by atoms with E-state index in [4.69, 9.17) is 10.4 Å². The number of carboxylic acid groups (broad SMARTS) is 1. The van der Waals surface area contributed by atoms with Gasteiger partial charge in [-0.05, 0) is 36.6 Å². The van der Waals surface area contributed by atoms with Gasteiger partial charge in [0, 0.05) is 0 Å². The van der Waals surface area contributed by atoms with Crippen molar-refractivity contribution in [2.45, 2.75) is 13.3 Å². The molecule has 0 radical (unpaired) electrons. The first-order chi connectivity index (χ1) is 8.54. The van der Waals surface area contributed by atoms with Gasteiger partial charge in [0.25, 0.3) is 0 Å². The van der Waals surface area contributed by atoms with E-state index in [0.717, 1.165) is 11.1 Å². The molecule has 0 amide bonds. The van der Waals surface area contributed by atoms with E-state index < -0.39 is 11.4 Å². The van der Waals surface area contributed by atoms with Crippen molar-refractivity contribution in [1.82, 2.24) is 0 Å². The molecule has 90 valence electrons. The van der Waals surface area contributed by atoms with Crippen molar-refractivity contribution >= 4 is 11.5 Å². The Kier molecular flexibility index (Phi) is 3.03. The molecule has 0 aromatic heterocycles. The first-order valence-electron chi connectivity index (χ1n) is 5.68. The zero-order valence-corrected chi connectivity index (χ0v) is 10.1. The summed E-state index contributed by atoms with van der Waals surface area (Å²) in [6.07, 6.45) is 6.50. The van der Waals surface area contributed by atoms with E-state index in [1.165, 1.54) is 0 Å². The molecule has 1 N–H and O–H groups in total. The van der Waals surface area contributed by atoms with Crippen LogP contribution in [0.25, 0.3) is 5.57 Å². The first kappa shape index (κ1) is 12.1. The minimum atomic E-state index is -0.924. The Morgan fingerprint density at radius 1 is 1.39 bits per heavy atom. The number of allylic oxidation sites excluding steroid dienone is 4. The normalized spacial score (nSPS) is 22.1. The SMILES string of the molecule is CC1(C#N)C=CC(c2ccc(C(=O)O)cc2)=CC1. The third-order valence-electron chi connectivity index (χ3n) is 3.10. The molecule has 0 heterocycles. The summed E-state index contributed by atoms with van der Waals surface area (Å²) in [6, 6.07) is 9.02. The third-order valence-corrected chi connectivity index (χ3v) is 3.10. The molecule has 18 heavy (non-hydrogen) atoms. The van der Waals surface area contributed by atoms with E-state index in [1.807, 2.05) is 25.2 Å². The van der Waals surface area contributed by atoms with Crippen molar-refractivity contribution < 1.29 is 9.90 Å². The Hall–Kier alpha value is -2.34. The zero-order valence-electron chi connectivity index (χ0n) is 10.1. The van der Waals surface area contributed by atoms with Gasteiger partial charge >= 0.3 is 5.97 Å². The van der Waals surface area contributed by atoms with Gasteiger partial charge in [-0.3, -0.25) is 0 Å². The van der Waals surface area contributed by atoms with Gasteiger partial charge in [0.15, 0.2) is 0 Å². The van der Waals surface area contributed by atoms with Gasteiger partial charge in [0.05, 0.1) is 17.0 Å². The molecule has 0 fully saturated rings. The highest BCUT2D eigenvalue weighted by Gasteiger charge is 2.21. The smallest absolute Gasteiger partial charge is 0.335 e. The van der Waals surface area contributed by atoms with Gasteiger partial charge in [0.1, 0.15) is 0 Å². The summed E-state index contributed by atoms with van der Waals surface area (Å²) < 4.78 is 0.